The van der Waals surface area contributed by atoms with Gasteiger partial charge in [0.05, 0.1) is 6.20 Å². The monoisotopic (exact) mass is 273 g/mol. The first-order valence-electron chi connectivity index (χ1n) is 6.64. The Bertz CT molecular complexity index is 578. The molecule has 5 nitrogen and oxygen atoms in total. The van der Waals surface area contributed by atoms with E-state index < -0.39 is 0 Å². The van der Waals surface area contributed by atoms with Crippen molar-refractivity contribution in [3.63, 3.8) is 0 Å². The Hall–Kier alpha value is -2.30. The van der Waals surface area contributed by atoms with Gasteiger partial charge in [-0.15, -0.1) is 0 Å². The van der Waals surface area contributed by atoms with Gasteiger partial charge in [0.25, 0.3) is 5.91 Å². The van der Waals surface area contributed by atoms with Gasteiger partial charge in [-0.3, -0.25) is 9.48 Å². The molecule has 0 atom stereocenters. The van der Waals surface area contributed by atoms with Gasteiger partial charge in [-0.2, -0.15) is 5.10 Å². The van der Waals surface area contributed by atoms with Crippen LogP contribution in [0.4, 0.5) is 0 Å². The summed E-state index contributed by atoms with van der Waals surface area (Å²) in [6.07, 6.45) is 4.48. The van der Waals surface area contributed by atoms with E-state index in [2.05, 4.69) is 17.3 Å². The number of nitrogens with one attached hydrogen (secondary N) is 1. The number of aryl methyl sites for hydroxylation is 2. The number of para-hydroxylation sites is 1. The molecular formula is C15H19N3O2. The molecule has 1 aromatic carbocycles. The molecule has 1 N–H and O–H groups in total. The van der Waals surface area contributed by atoms with E-state index in [-0.39, 0.29) is 12.5 Å². The van der Waals surface area contributed by atoms with Crippen LogP contribution >= 0.6 is 0 Å². The summed E-state index contributed by atoms with van der Waals surface area (Å²) in [5.74, 6) is 0.631. The number of hydrogen-bond acceptors (Lipinski definition) is 3. The number of amides is 1. The fourth-order valence-corrected chi connectivity index (χ4v) is 1.89. The summed E-state index contributed by atoms with van der Waals surface area (Å²) in [5.41, 5.74) is 2.07. The average Bonchev–Trinajstić information content (AvgIpc) is 2.89. The summed E-state index contributed by atoms with van der Waals surface area (Å²) < 4.78 is 7.25. The van der Waals surface area contributed by atoms with Gasteiger partial charge in [-0.05, 0) is 18.1 Å². The van der Waals surface area contributed by atoms with E-state index >= 15 is 0 Å². The Morgan fingerprint density at radius 1 is 1.40 bits per heavy atom. The lowest BCUT2D eigenvalue weighted by molar-refractivity contribution is -0.123. The van der Waals surface area contributed by atoms with Crippen molar-refractivity contribution in [1.82, 2.24) is 15.1 Å². The lowest BCUT2D eigenvalue weighted by Gasteiger charge is -2.10. The van der Waals surface area contributed by atoms with Crippen LogP contribution < -0.4 is 10.1 Å². The molecule has 1 aromatic heterocycles. The Kier molecular flexibility index (Phi) is 4.76. The summed E-state index contributed by atoms with van der Waals surface area (Å²) in [4.78, 5) is 11.7. The van der Waals surface area contributed by atoms with E-state index in [9.17, 15) is 4.79 Å². The Morgan fingerprint density at radius 2 is 2.20 bits per heavy atom. The number of carbonyl (C=O) groups is 1. The number of ether oxygens (including phenoxy) is 1. The highest BCUT2D eigenvalue weighted by Gasteiger charge is 2.06. The molecule has 0 aliphatic carbocycles. The quantitative estimate of drug-likeness (QED) is 0.871. The lowest BCUT2D eigenvalue weighted by atomic mass is 10.1. The van der Waals surface area contributed by atoms with Crippen LogP contribution in [0, 0.1) is 0 Å². The molecule has 0 spiro atoms. The normalized spacial score (nSPS) is 10.3. The first-order chi connectivity index (χ1) is 9.69. The summed E-state index contributed by atoms with van der Waals surface area (Å²) in [6.45, 7) is 2.55. The minimum Gasteiger partial charge on any atom is -0.483 e. The molecule has 20 heavy (non-hydrogen) atoms. The van der Waals surface area contributed by atoms with Crippen LogP contribution in [-0.4, -0.2) is 22.3 Å². The van der Waals surface area contributed by atoms with Crippen molar-refractivity contribution >= 4 is 5.91 Å². The number of hydrogen-bond donors (Lipinski definition) is 1. The van der Waals surface area contributed by atoms with Crippen LogP contribution in [-0.2, 0) is 24.8 Å². The minimum atomic E-state index is -0.139. The average molecular weight is 273 g/mol. The second kappa shape index (κ2) is 6.75. The van der Waals surface area contributed by atoms with Gasteiger partial charge in [-0.25, -0.2) is 0 Å². The Morgan fingerprint density at radius 3 is 2.90 bits per heavy atom. The van der Waals surface area contributed by atoms with Crippen molar-refractivity contribution < 1.29 is 9.53 Å². The molecule has 0 saturated carbocycles. The van der Waals surface area contributed by atoms with Crippen molar-refractivity contribution in [1.29, 1.82) is 0 Å². The lowest BCUT2D eigenvalue weighted by Crippen LogP contribution is -2.28. The molecule has 0 fully saturated rings. The van der Waals surface area contributed by atoms with Gasteiger partial charge < -0.3 is 10.1 Å². The first-order valence-corrected chi connectivity index (χ1v) is 6.64. The van der Waals surface area contributed by atoms with E-state index in [1.54, 1.807) is 10.9 Å². The van der Waals surface area contributed by atoms with E-state index in [0.29, 0.717) is 6.54 Å². The molecular weight excluding hydrogens is 254 g/mol. The molecule has 0 saturated heterocycles. The molecule has 1 amide bonds. The maximum absolute atomic E-state index is 11.7. The summed E-state index contributed by atoms with van der Waals surface area (Å²) in [5, 5.41) is 6.85. The smallest absolute Gasteiger partial charge is 0.258 e. The molecule has 2 aromatic rings. The van der Waals surface area contributed by atoms with Crippen molar-refractivity contribution in [2.75, 3.05) is 6.61 Å². The zero-order valence-electron chi connectivity index (χ0n) is 11.8. The van der Waals surface area contributed by atoms with Crippen molar-refractivity contribution in [2.45, 2.75) is 19.9 Å². The maximum Gasteiger partial charge on any atom is 0.258 e. The molecule has 0 aliphatic rings. The van der Waals surface area contributed by atoms with E-state index in [1.807, 2.05) is 37.5 Å². The SMILES string of the molecule is CCc1ccccc1OCC(=O)NCc1cnn(C)c1. The van der Waals surface area contributed by atoms with Gasteiger partial charge in [0.2, 0.25) is 0 Å². The molecule has 0 unspecified atom stereocenters. The number of nitrogens with zero attached hydrogens (tertiary/aromatic N) is 2. The zero-order valence-corrected chi connectivity index (χ0v) is 11.8. The Labute approximate surface area is 118 Å². The van der Waals surface area contributed by atoms with Crippen LogP contribution in [0.15, 0.2) is 36.7 Å². The van der Waals surface area contributed by atoms with Crippen LogP contribution in [0.1, 0.15) is 18.1 Å². The van der Waals surface area contributed by atoms with Gasteiger partial charge in [-0.1, -0.05) is 25.1 Å². The molecule has 2 rings (SSSR count). The summed E-state index contributed by atoms with van der Waals surface area (Å²) in [7, 11) is 1.84. The van der Waals surface area contributed by atoms with Crippen molar-refractivity contribution in [3.05, 3.63) is 47.8 Å². The van der Waals surface area contributed by atoms with Crippen molar-refractivity contribution in [2.24, 2.45) is 7.05 Å². The van der Waals surface area contributed by atoms with E-state index in [4.69, 9.17) is 4.74 Å². The standard InChI is InChI=1S/C15H19N3O2/c1-3-13-6-4-5-7-14(13)20-11-15(19)16-8-12-9-17-18(2)10-12/h4-7,9-10H,3,8,11H2,1-2H3,(H,16,19). The first kappa shape index (κ1) is 14.1. The minimum absolute atomic E-state index is 0.0251. The molecule has 1 heterocycles. The highest BCUT2D eigenvalue weighted by Crippen LogP contribution is 2.17. The fourth-order valence-electron chi connectivity index (χ4n) is 1.89. The highest BCUT2D eigenvalue weighted by molar-refractivity contribution is 5.77. The highest BCUT2D eigenvalue weighted by atomic mass is 16.5. The zero-order chi connectivity index (χ0) is 14.4. The number of aromatic nitrogens is 2. The number of carbonyl (C=O) groups excluding carboxylic acids is 1. The molecule has 0 aliphatic heterocycles. The van der Waals surface area contributed by atoms with Crippen LogP contribution in [0.2, 0.25) is 0 Å². The second-order valence-electron chi connectivity index (χ2n) is 4.55. The van der Waals surface area contributed by atoms with Gasteiger partial charge in [0.1, 0.15) is 5.75 Å². The molecule has 106 valence electrons. The maximum atomic E-state index is 11.7. The van der Waals surface area contributed by atoms with Gasteiger partial charge in [0, 0.05) is 25.4 Å². The third-order valence-electron chi connectivity index (χ3n) is 2.96. The third-order valence-corrected chi connectivity index (χ3v) is 2.96. The molecule has 5 heteroatoms. The largest absolute Gasteiger partial charge is 0.483 e. The molecule has 0 bridgehead atoms. The number of rotatable bonds is 6. The Balaban J connectivity index is 1.80. The molecule has 0 radical (unpaired) electrons. The fraction of sp³-hybridized carbons (Fsp3) is 0.333. The van der Waals surface area contributed by atoms with Gasteiger partial charge in [0.15, 0.2) is 6.61 Å². The van der Waals surface area contributed by atoms with E-state index in [0.717, 1.165) is 23.3 Å². The predicted molar refractivity (Wildman–Crippen MR) is 76.4 cm³/mol. The number of benzene rings is 1. The van der Waals surface area contributed by atoms with Crippen LogP contribution in [0.25, 0.3) is 0 Å². The van der Waals surface area contributed by atoms with Crippen LogP contribution in [0.3, 0.4) is 0 Å². The van der Waals surface area contributed by atoms with Gasteiger partial charge >= 0.3 is 0 Å². The summed E-state index contributed by atoms with van der Waals surface area (Å²) >= 11 is 0. The summed E-state index contributed by atoms with van der Waals surface area (Å²) in [6, 6.07) is 7.76. The second-order valence-corrected chi connectivity index (χ2v) is 4.55. The topological polar surface area (TPSA) is 56.1 Å². The van der Waals surface area contributed by atoms with Crippen molar-refractivity contribution in [3.8, 4) is 5.75 Å². The third kappa shape index (κ3) is 3.85. The van der Waals surface area contributed by atoms with Crippen LogP contribution in [0.5, 0.6) is 5.75 Å². The predicted octanol–water partition coefficient (Wildman–Crippen LogP) is 1.68. The van der Waals surface area contributed by atoms with E-state index in [1.165, 1.54) is 0 Å².